The second kappa shape index (κ2) is 7.77. The van der Waals surface area contributed by atoms with Crippen molar-refractivity contribution in [3.63, 3.8) is 0 Å². The first-order valence-corrected chi connectivity index (χ1v) is 8.26. The molecule has 3 rings (SSSR count). The highest BCUT2D eigenvalue weighted by Gasteiger charge is 2.18. The van der Waals surface area contributed by atoms with E-state index in [0.29, 0.717) is 12.0 Å². The fourth-order valence-corrected chi connectivity index (χ4v) is 2.61. The molecule has 5 heteroatoms. The molecular formula is C20H21N3O2. The average molecular weight is 335 g/mol. The van der Waals surface area contributed by atoms with Crippen molar-refractivity contribution < 1.29 is 9.90 Å². The monoisotopic (exact) mass is 335 g/mol. The smallest absolute Gasteiger partial charge is 0.251 e. The van der Waals surface area contributed by atoms with Crippen LogP contribution in [0.4, 0.5) is 0 Å². The maximum absolute atomic E-state index is 12.4. The van der Waals surface area contributed by atoms with Gasteiger partial charge in [-0.25, -0.2) is 4.68 Å². The number of aromatic nitrogens is 2. The fraction of sp³-hybridized carbons (Fsp3) is 0.200. The van der Waals surface area contributed by atoms with Gasteiger partial charge in [-0.15, -0.1) is 0 Å². The van der Waals surface area contributed by atoms with Crippen molar-refractivity contribution in [3.8, 4) is 5.69 Å². The van der Waals surface area contributed by atoms with Gasteiger partial charge in [-0.2, -0.15) is 5.10 Å². The van der Waals surface area contributed by atoms with Crippen LogP contribution in [0.25, 0.3) is 5.69 Å². The second-order valence-electron chi connectivity index (χ2n) is 6.02. The molecule has 3 aromatic rings. The normalized spacial score (nSPS) is 13.2. The van der Waals surface area contributed by atoms with Gasteiger partial charge in [0.15, 0.2) is 0 Å². The summed E-state index contributed by atoms with van der Waals surface area (Å²) in [5.41, 5.74) is 2.48. The Bertz CT molecular complexity index is 799. The Balaban J connectivity index is 1.59. The van der Waals surface area contributed by atoms with E-state index in [-0.39, 0.29) is 11.9 Å². The minimum absolute atomic E-state index is 0.202. The minimum atomic E-state index is -0.644. The summed E-state index contributed by atoms with van der Waals surface area (Å²) in [7, 11) is 0. The van der Waals surface area contributed by atoms with E-state index in [9.17, 15) is 9.90 Å². The highest BCUT2D eigenvalue weighted by molar-refractivity contribution is 5.94. The maximum atomic E-state index is 12.4. The number of hydrogen-bond acceptors (Lipinski definition) is 3. The Morgan fingerprint density at radius 2 is 1.84 bits per heavy atom. The number of hydrogen-bond donors (Lipinski definition) is 2. The first-order valence-electron chi connectivity index (χ1n) is 8.26. The quantitative estimate of drug-likeness (QED) is 0.728. The number of nitrogens with one attached hydrogen (secondary N) is 1. The van der Waals surface area contributed by atoms with Crippen LogP contribution < -0.4 is 5.32 Å². The predicted molar refractivity (Wildman–Crippen MR) is 96.6 cm³/mol. The molecule has 0 aliphatic carbocycles. The summed E-state index contributed by atoms with van der Waals surface area (Å²) in [6.07, 6.45) is 3.41. The summed E-state index contributed by atoms with van der Waals surface area (Å²) in [4.78, 5) is 12.4. The van der Waals surface area contributed by atoms with Gasteiger partial charge >= 0.3 is 0 Å². The maximum Gasteiger partial charge on any atom is 0.251 e. The molecule has 1 aromatic heterocycles. The first-order chi connectivity index (χ1) is 12.1. The van der Waals surface area contributed by atoms with E-state index < -0.39 is 6.10 Å². The van der Waals surface area contributed by atoms with Gasteiger partial charge in [-0.3, -0.25) is 4.79 Å². The summed E-state index contributed by atoms with van der Waals surface area (Å²) in [6.45, 7) is 1.81. The number of aliphatic hydroxyl groups is 1. The third-order valence-corrected chi connectivity index (χ3v) is 4.12. The number of amides is 1. The molecular weight excluding hydrogens is 314 g/mol. The summed E-state index contributed by atoms with van der Waals surface area (Å²) in [6, 6.07) is 18.4. The molecule has 1 amide bonds. The summed E-state index contributed by atoms with van der Waals surface area (Å²) in [5, 5.41) is 17.3. The molecule has 0 fully saturated rings. The molecule has 2 aromatic carbocycles. The van der Waals surface area contributed by atoms with E-state index in [1.165, 1.54) is 0 Å². The van der Waals surface area contributed by atoms with Crippen LogP contribution in [0.5, 0.6) is 0 Å². The van der Waals surface area contributed by atoms with Gasteiger partial charge in [0.1, 0.15) is 0 Å². The van der Waals surface area contributed by atoms with Gasteiger partial charge in [0, 0.05) is 24.4 Å². The average Bonchev–Trinajstić information content (AvgIpc) is 3.17. The standard InChI is InChI=1S/C20H21N3O2/c1-15(19(24)14-16-6-3-2-4-7-16)22-20(25)17-8-10-18(11-9-17)23-13-5-12-21-23/h2-13,15,19,24H,14H2,1H3,(H,22,25). The topological polar surface area (TPSA) is 67.2 Å². The number of benzene rings is 2. The van der Waals surface area contributed by atoms with Crippen molar-refractivity contribution in [1.29, 1.82) is 0 Å². The van der Waals surface area contributed by atoms with Crippen molar-refractivity contribution in [2.24, 2.45) is 0 Å². The van der Waals surface area contributed by atoms with Crippen LogP contribution in [0, 0.1) is 0 Å². The highest BCUT2D eigenvalue weighted by atomic mass is 16.3. The summed E-state index contributed by atoms with van der Waals surface area (Å²) in [5.74, 6) is -0.202. The van der Waals surface area contributed by atoms with Gasteiger partial charge in [0.05, 0.1) is 17.8 Å². The van der Waals surface area contributed by atoms with Gasteiger partial charge in [0.2, 0.25) is 0 Å². The van der Waals surface area contributed by atoms with Crippen LogP contribution in [0.3, 0.4) is 0 Å². The zero-order valence-corrected chi connectivity index (χ0v) is 14.0. The molecule has 0 saturated heterocycles. The van der Waals surface area contributed by atoms with E-state index >= 15 is 0 Å². The summed E-state index contributed by atoms with van der Waals surface area (Å²) >= 11 is 0. The number of nitrogens with zero attached hydrogens (tertiary/aromatic N) is 2. The molecule has 2 N–H and O–H groups in total. The third kappa shape index (κ3) is 4.33. The molecule has 0 bridgehead atoms. The van der Waals surface area contributed by atoms with Crippen molar-refractivity contribution in [3.05, 3.63) is 84.2 Å². The van der Waals surface area contributed by atoms with Crippen LogP contribution in [0.1, 0.15) is 22.8 Å². The Morgan fingerprint density at radius 3 is 2.48 bits per heavy atom. The Hall–Kier alpha value is -2.92. The van der Waals surface area contributed by atoms with Crippen molar-refractivity contribution in [1.82, 2.24) is 15.1 Å². The molecule has 0 spiro atoms. The van der Waals surface area contributed by atoms with E-state index in [2.05, 4.69) is 10.4 Å². The SMILES string of the molecule is CC(NC(=O)c1ccc(-n2cccn2)cc1)C(O)Cc1ccccc1. The lowest BCUT2D eigenvalue weighted by molar-refractivity contribution is 0.0852. The number of aliphatic hydroxyl groups excluding tert-OH is 1. The largest absolute Gasteiger partial charge is 0.391 e. The van der Waals surface area contributed by atoms with Gasteiger partial charge in [-0.1, -0.05) is 30.3 Å². The van der Waals surface area contributed by atoms with Crippen molar-refractivity contribution in [2.45, 2.75) is 25.5 Å². The van der Waals surface area contributed by atoms with Crippen molar-refractivity contribution in [2.75, 3.05) is 0 Å². The zero-order chi connectivity index (χ0) is 17.6. The molecule has 2 unspecified atom stereocenters. The third-order valence-electron chi connectivity index (χ3n) is 4.12. The molecule has 0 aliphatic rings. The molecule has 5 nitrogen and oxygen atoms in total. The molecule has 128 valence electrons. The zero-order valence-electron chi connectivity index (χ0n) is 14.0. The Morgan fingerprint density at radius 1 is 1.12 bits per heavy atom. The van der Waals surface area contributed by atoms with Gasteiger partial charge in [-0.05, 0) is 42.8 Å². The molecule has 25 heavy (non-hydrogen) atoms. The Labute approximate surface area is 146 Å². The van der Waals surface area contributed by atoms with Crippen LogP contribution in [-0.4, -0.2) is 32.9 Å². The molecule has 0 radical (unpaired) electrons. The fourth-order valence-electron chi connectivity index (χ4n) is 2.61. The Kier molecular flexibility index (Phi) is 5.26. The second-order valence-corrected chi connectivity index (χ2v) is 6.02. The summed E-state index contributed by atoms with van der Waals surface area (Å²) < 4.78 is 1.73. The van der Waals surface area contributed by atoms with Crippen LogP contribution in [0.2, 0.25) is 0 Å². The van der Waals surface area contributed by atoms with Gasteiger partial charge in [0.25, 0.3) is 5.91 Å². The lowest BCUT2D eigenvalue weighted by atomic mass is 10.0. The first kappa shape index (κ1) is 16.9. The van der Waals surface area contributed by atoms with Crippen molar-refractivity contribution >= 4 is 5.91 Å². The number of rotatable bonds is 6. The van der Waals surface area contributed by atoms with E-state index in [1.54, 1.807) is 23.0 Å². The van der Waals surface area contributed by atoms with Crippen LogP contribution >= 0.6 is 0 Å². The van der Waals surface area contributed by atoms with Crippen LogP contribution in [-0.2, 0) is 6.42 Å². The van der Waals surface area contributed by atoms with E-state index in [1.807, 2.05) is 61.7 Å². The molecule has 2 atom stereocenters. The highest BCUT2D eigenvalue weighted by Crippen LogP contribution is 2.10. The molecule has 0 saturated carbocycles. The van der Waals surface area contributed by atoms with E-state index in [0.717, 1.165) is 11.3 Å². The molecule has 0 aliphatic heterocycles. The van der Waals surface area contributed by atoms with Crippen LogP contribution in [0.15, 0.2) is 73.1 Å². The van der Waals surface area contributed by atoms with E-state index in [4.69, 9.17) is 0 Å². The number of carbonyl (C=O) groups excluding carboxylic acids is 1. The lowest BCUT2D eigenvalue weighted by Crippen LogP contribution is -2.42. The minimum Gasteiger partial charge on any atom is -0.391 e. The molecule has 1 heterocycles. The predicted octanol–water partition coefficient (Wildman–Crippen LogP) is 2.59. The van der Waals surface area contributed by atoms with Gasteiger partial charge < -0.3 is 10.4 Å². The number of carbonyl (C=O) groups is 1. The lowest BCUT2D eigenvalue weighted by Gasteiger charge is -2.20.